The van der Waals surface area contributed by atoms with Crippen molar-refractivity contribution in [2.24, 2.45) is 9.98 Å². The number of aliphatic imine (C=N–C) groups is 2. The van der Waals surface area contributed by atoms with Gasteiger partial charge in [-0.25, -0.2) is 0 Å². The number of hydrogen-bond donors (Lipinski definition) is 2. The quantitative estimate of drug-likeness (QED) is 0.658. The molecule has 21 heavy (non-hydrogen) atoms. The van der Waals surface area contributed by atoms with E-state index in [-0.39, 0.29) is 23.9 Å². The van der Waals surface area contributed by atoms with Crippen LogP contribution in [-0.2, 0) is 0 Å². The molecule has 0 aliphatic carbocycles. The summed E-state index contributed by atoms with van der Waals surface area (Å²) in [7, 11) is 0. The maximum atomic E-state index is 9.54. The van der Waals surface area contributed by atoms with Crippen LogP contribution in [0.3, 0.4) is 0 Å². The van der Waals surface area contributed by atoms with Crippen LogP contribution < -0.4 is 0 Å². The molecule has 2 rings (SSSR count). The summed E-state index contributed by atoms with van der Waals surface area (Å²) < 4.78 is 0. The molecule has 2 aromatic carbocycles. The zero-order valence-electron chi connectivity index (χ0n) is 11.4. The average molecular weight is 305 g/mol. The van der Waals surface area contributed by atoms with Crippen LogP contribution >= 0.6 is 12.4 Å². The number of phenolic OH excluding ortho intramolecular Hbond substituents is 2. The molecule has 0 fully saturated rings. The van der Waals surface area contributed by atoms with Crippen LogP contribution in [-0.4, -0.2) is 35.7 Å². The molecule has 0 aliphatic heterocycles. The number of halogens is 1. The van der Waals surface area contributed by atoms with Crippen LogP contribution in [0.4, 0.5) is 0 Å². The van der Waals surface area contributed by atoms with Gasteiger partial charge >= 0.3 is 0 Å². The summed E-state index contributed by atoms with van der Waals surface area (Å²) in [6.45, 7) is 1.05. The van der Waals surface area contributed by atoms with Crippen molar-refractivity contribution in [2.75, 3.05) is 13.1 Å². The molecular weight excluding hydrogens is 288 g/mol. The molecule has 0 saturated heterocycles. The largest absolute Gasteiger partial charge is 0.507 e. The van der Waals surface area contributed by atoms with Gasteiger partial charge in [0.05, 0.1) is 13.1 Å². The van der Waals surface area contributed by atoms with Crippen molar-refractivity contribution in [2.45, 2.75) is 0 Å². The third-order valence-electron chi connectivity index (χ3n) is 2.69. The zero-order valence-corrected chi connectivity index (χ0v) is 12.2. The van der Waals surface area contributed by atoms with E-state index in [4.69, 9.17) is 0 Å². The van der Waals surface area contributed by atoms with Crippen molar-refractivity contribution in [3.05, 3.63) is 59.7 Å². The highest BCUT2D eigenvalue weighted by Gasteiger charge is 1.95. The van der Waals surface area contributed by atoms with Crippen molar-refractivity contribution < 1.29 is 10.2 Å². The predicted octanol–water partition coefficient (Wildman–Crippen LogP) is 3.06. The summed E-state index contributed by atoms with van der Waals surface area (Å²) >= 11 is 0. The number of aromatic hydroxyl groups is 2. The van der Waals surface area contributed by atoms with E-state index in [0.717, 1.165) is 0 Å². The van der Waals surface area contributed by atoms with Gasteiger partial charge in [-0.2, -0.15) is 0 Å². The molecule has 0 aliphatic rings. The van der Waals surface area contributed by atoms with Crippen molar-refractivity contribution in [1.29, 1.82) is 0 Å². The Morgan fingerprint density at radius 1 is 0.714 bits per heavy atom. The number of hydrogen-bond acceptors (Lipinski definition) is 4. The Hall–Kier alpha value is -2.33. The SMILES string of the molecule is Cl.Oc1ccccc1C=NCCN=Cc1ccccc1O. The lowest BCUT2D eigenvalue weighted by Gasteiger charge is -1.97. The predicted molar refractivity (Wildman–Crippen MR) is 88.4 cm³/mol. The first-order valence-electron chi connectivity index (χ1n) is 6.33. The Morgan fingerprint density at radius 3 is 1.48 bits per heavy atom. The lowest BCUT2D eigenvalue weighted by molar-refractivity contribution is 0.474. The normalized spacial score (nSPS) is 10.9. The Morgan fingerprint density at radius 2 is 1.10 bits per heavy atom. The standard InChI is InChI=1S/C16H16N2O2.ClH/c19-15-7-3-1-5-13(15)11-17-9-10-18-12-14-6-2-4-8-16(14)20;/h1-8,11-12,19-20H,9-10H2;1H. The monoisotopic (exact) mass is 304 g/mol. The van der Waals surface area contributed by atoms with Crippen LogP contribution in [0.5, 0.6) is 11.5 Å². The molecule has 110 valence electrons. The Balaban J connectivity index is 0.00000220. The van der Waals surface area contributed by atoms with E-state index in [1.165, 1.54) is 0 Å². The minimum Gasteiger partial charge on any atom is -0.507 e. The minimum atomic E-state index is 0. The third-order valence-corrected chi connectivity index (χ3v) is 2.69. The zero-order chi connectivity index (χ0) is 14.2. The van der Waals surface area contributed by atoms with E-state index in [0.29, 0.717) is 24.2 Å². The summed E-state index contributed by atoms with van der Waals surface area (Å²) in [5.41, 5.74) is 1.38. The maximum Gasteiger partial charge on any atom is 0.124 e. The average Bonchev–Trinajstić information content (AvgIpc) is 2.46. The first kappa shape index (κ1) is 16.7. The van der Waals surface area contributed by atoms with Crippen LogP contribution in [0, 0.1) is 0 Å². The van der Waals surface area contributed by atoms with Gasteiger partial charge in [-0.3, -0.25) is 9.98 Å². The number of phenols is 2. The van der Waals surface area contributed by atoms with Crippen LogP contribution in [0.25, 0.3) is 0 Å². The van der Waals surface area contributed by atoms with E-state index in [9.17, 15) is 10.2 Å². The molecule has 0 heterocycles. The van der Waals surface area contributed by atoms with Crippen LogP contribution in [0.2, 0.25) is 0 Å². The second-order valence-electron chi connectivity index (χ2n) is 4.19. The van der Waals surface area contributed by atoms with Crippen molar-refractivity contribution >= 4 is 24.8 Å². The van der Waals surface area contributed by atoms with Gasteiger partial charge in [0, 0.05) is 23.6 Å². The fourth-order valence-corrected chi connectivity index (χ4v) is 1.63. The highest BCUT2D eigenvalue weighted by atomic mass is 35.5. The van der Waals surface area contributed by atoms with Gasteiger partial charge in [-0.05, 0) is 24.3 Å². The second-order valence-corrected chi connectivity index (χ2v) is 4.19. The molecule has 0 saturated carbocycles. The lowest BCUT2D eigenvalue weighted by Crippen LogP contribution is -1.91. The number of nitrogens with zero attached hydrogens (tertiary/aromatic N) is 2. The molecular formula is C16H17ClN2O2. The number of benzene rings is 2. The molecule has 0 bridgehead atoms. The van der Waals surface area contributed by atoms with Crippen molar-refractivity contribution in [3.8, 4) is 11.5 Å². The fraction of sp³-hybridized carbons (Fsp3) is 0.125. The molecule has 0 radical (unpaired) electrons. The number of rotatable bonds is 5. The van der Waals surface area contributed by atoms with Crippen molar-refractivity contribution in [1.82, 2.24) is 0 Å². The minimum absolute atomic E-state index is 0. The molecule has 5 heteroatoms. The number of para-hydroxylation sites is 2. The Kier molecular flexibility index (Phi) is 6.98. The maximum absolute atomic E-state index is 9.54. The Bertz CT molecular complexity index is 572. The first-order chi connectivity index (χ1) is 9.77. The van der Waals surface area contributed by atoms with E-state index < -0.39 is 0 Å². The van der Waals surface area contributed by atoms with Gasteiger partial charge < -0.3 is 10.2 Å². The highest BCUT2D eigenvalue weighted by Crippen LogP contribution is 2.13. The van der Waals surface area contributed by atoms with Gasteiger partial charge in [0.25, 0.3) is 0 Å². The molecule has 2 aromatic rings. The molecule has 0 unspecified atom stereocenters. The van der Waals surface area contributed by atoms with Crippen molar-refractivity contribution in [3.63, 3.8) is 0 Å². The molecule has 0 atom stereocenters. The topological polar surface area (TPSA) is 65.2 Å². The van der Waals surface area contributed by atoms with Gasteiger partial charge in [-0.15, -0.1) is 12.4 Å². The smallest absolute Gasteiger partial charge is 0.124 e. The highest BCUT2D eigenvalue weighted by molar-refractivity contribution is 5.85. The lowest BCUT2D eigenvalue weighted by atomic mass is 10.2. The fourth-order valence-electron chi connectivity index (χ4n) is 1.63. The molecule has 4 nitrogen and oxygen atoms in total. The van der Waals surface area contributed by atoms with E-state index >= 15 is 0 Å². The van der Waals surface area contributed by atoms with Crippen LogP contribution in [0.1, 0.15) is 11.1 Å². The summed E-state index contributed by atoms with van der Waals surface area (Å²) in [5, 5.41) is 19.1. The second kappa shape index (κ2) is 8.76. The molecule has 2 N–H and O–H groups in total. The van der Waals surface area contributed by atoms with Gasteiger partial charge in [0.1, 0.15) is 11.5 Å². The van der Waals surface area contributed by atoms with Crippen LogP contribution in [0.15, 0.2) is 58.5 Å². The molecule has 0 aromatic heterocycles. The van der Waals surface area contributed by atoms with E-state index in [1.807, 2.05) is 12.1 Å². The first-order valence-corrected chi connectivity index (χ1v) is 6.33. The summed E-state index contributed by atoms with van der Waals surface area (Å²) in [4.78, 5) is 8.39. The van der Waals surface area contributed by atoms with Gasteiger partial charge in [0.15, 0.2) is 0 Å². The molecule has 0 amide bonds. The summed E-state index contributed by atoms with van der Waals surface area (Å²) in [6, 6.07) is 14.1. The molecule has 0 spiro atoms. The van der Waals surface area contributed by atoms with E-state index in [1.54, 1.807) is 48.8 Å². The van der Waals surface area contributed by atoms with Gasteiger partial charge in [-0.1, -0.05) is 24.3 Å². The summed E-state index contributed by atoms with van der Waals surface area (Å²) in [6.07, 6.45) is 3.26. The Labute approximate surface area is 129 Å². The third kappa shape index (κ3) is 5.28. The van der Waals surface area contributed by atoms with Gasteiger partial charge in [0.2, 0.25) is 0 Å². The summed E-state index contributed by atoms with van der Waals surface area (Å²) in [5.74, 6) is 0.433. The van der Waals surface area contributed by atoms with E-state index in [2.05, 4.69) is 9.98 Å².